The second kappa shape index (κ2) is 6.60. The number of para-hydroxylation sites is 1. The van der Waals surface area contributed by atoms with E-state index in [1.807, 2.05) is 59.6 Å². The normalized spacial score (nSPS) is 20.0. The highest BCUT2D eigenvalue weighted by molar-refractivity contribution is 6.04. The molecule has 28 heavy (non-hydrogen) atoms. The third kappa shape index (κ3) is 2.67. The number of fused-ring (bicyclic) bond motifs is 3. The van der Waals surface area contributed by atoms with Crippen LogP contribution in [0.2, 0.25) is 0 Å². The van der Waals surface area contributed by atoms with Crippen molar-refractivity contribution in [2.75, 3.05) is 7.11 Å². The molecule has 140 valence electrons. The van der Waals surface area contributed by atoms with Crippen LogP contribution in [0.15, 0.2) is 77.9 Å². The van der Waals surface area contributed by atoms with Crippen LogP contribution in [0.3, 0.4) is 0 Å². The standard InChI is InChI=1S/C23H20N2O3/c1-27-16-11-12-21(26)18(13-16)19-14-20-17-9-5-6-10-22(17)28-23(25(20)24-19)15-7-3-2-4-8-15/h2-13,20,23,26H,14H2,1H3/t20-,23+/m0/s1. The average molecular weight is 372 g/mol. The summed E-state index contributed by atoms with van der Waals surface area (Å²) in [5, 5.41) is 17.3. The van der Waals surface area contributed by atoms with Gasteiger partial charge < -0.3 is 14.6 Å². The Morgan fingerprint density at radius 2 is 1.82 bits per heavy atom. The monoisotopic (exact) mass is 372 g/mol. The maximum Gasteiger partial charge on any atom is 0.213 e. The lowest BCUT2D eigenvalue weighted by atomic mass is 9.95. The summed E-state index contributed by atoms with van der Waals surface area (Å²) >= 11 is 0. The van der Waals surface area contributed by atoms with Crippen LogP contribution in [0.1, 0.15) is 35.4 Å². The van der Waals surface area contributed by atoms with Crippen molar-refractivity contribution in [3.8, 4) is 17.2 Å². The second-order valence-electron chi connectivity index (χ2n) is 6.95. The van der Waals surface area contributed by atoms with Crippen molar-refractivity contribution in [3.63, 3.8) is 0 Å². The number of phenols is 1. The third-order valence-electron chi connectivity index (χ3n) is 5.30. The first-order chi connectivity index (χ1) is 13.7. The zero-order chi connectivity index (χ0) is 19.1. The minimum absolute atomic E-state index is 0.0516. The van der Waals surface area contributed by atoms with Gasteiger partial charge in [-0.1, -0.05) is 48.5 Å². The van der Waals surface area contributed by atoms with E-state index in [1.54, 1.807) is 19.2 Å². The molecule has 2 aliphatic heterocycles. The first kappa shape index (κ1) is 16.7. The molecule has 2 heterocycles. The SMILES string of the molecule is COc1ccc(O)c(C2=NN3[C@@H](c4ccccc4)Oc4ccccc4[C@@H]3C2)c1. The predicted molar refractivity (Wildman–Crippen MR) is 107 cm³/mol. The van der Waals surface area contributed by atoms with Crippen molar-refractivity contribution in [1.82, 2.24) is 5.01 Å². The third-order valence-corrected chi connectivity index (χ3v) is 5.30. The Morgan fingerprint density at radius 3 is 2.64 bits per heavy atom. The van der Waals surface area contributed by atoms with Crippen molar-refractivity contribution in [2.24, 2.45) is 5.10 Å². The summed E-state index contributed by atoms with van der Waals surface area (Å²) in [7, 11) is 1.62. The fourth-order valence-corrected chi connectivity index (χ4v) is 3.91. The minimum Gasteiger partial charge on any atom is -0.507 e. The molecule has 0 radical (unpaired) electrons. The van der Waals surface area contributed by atoms with Crippen molar-refractivity contribution in [2.45, 2.75) is 18.7 Å². The van der Waals surface area contributed by atoms with Gasteiger partial charge in [0.25, 0.3) is 0 Å². The fraction of sp³-hybridized carbons (Fsp3) is 0.174. The van der Waals surface area contributed by atoms with E-state index < -0.39 is 0 Å². The summed E-state index contributed by atoms with van der Waals surface area (Å²) < 4.78 is 11.7. The summed E-state index contributed by atoms with van der Waals surface area (Å²) in [5.74, 6) is 1.77. The van der Waals surface area contributed by atoms with E-state index in [2.05, 4.69) is 6.07 Å². The van der Waals surface area contributed by atoms with Gasteiger partial charge in [0.1, 0.15) is 17.2 Å². The zero-order valence-electron chi connectivity index (χ0n) is 15.4. The molecule has 0 saturated carbocycles. The van der Waals surface area contributed by atoms with Gasteiger partial charge in [0, 0.05) is 23.1 Å². The smallest absolute Gasteiger partial charge is 0.213 e. The van der Waals surface area contributed by atoms with Gasteiger partial charge in [0.05, 0.1) is 18.9 Å². The molecule has 5 rings (SSSR count). The summed E-state index contributed by atoms with van der Waals surface area (Å²) in [6, 6.07) is 23.5. The quantitative estimate of drug-likeness (QED) is 0.728. The van der Waals surface area contributed by atoms with Gasteiger partial charge in [-0.2, -0.15) is 5.10 Å². The Balaban J connectivity index is 1.61. The molecule has 0 amide bonds. The van der Waals surface area contributed by atoms with Gasteiger partial charge in [0.2, 0.25) is 6.23 Å². The zero-order valence-corrected chi connectivity index (χ0v) is 15.4. The highest BCUT2D eigenvalue weighted by atomic mass is 16.5. The largest absolute Gasteiger partial charge is 0.507 e. The Kier molecular flexibility index (Phi) is 3.93. The first-order valence-corrected chi connectivity index (χ1v) is 9.28. The van der Waals surface area contributed by atoms with Crippen LogP contribution in [0.25, 0.3) is 0 Å². The van der Waals surface area contributed by atoms with Crippen LogP contribution < -0.4 is 9.47 Å². The Bertz CT molecular complexity index is 1050. The molecule has 5 nitrogen and oxygen atoms in total. The lowest BCUT2D eigenvalue weighted by molar-refractivity contribution is -0.0190. The van der Waals surface area contributed by atoms with Gasteiger partial charge in [-0.05, 0) is 24.3 Å². The molecular formula is C23H20N2O3. The van der Waals surface area contributed by atoms with Crippen LogP contribution in [0, 0.1) is 0 Å². The van der Waals surface area contributed by atoms with Crippen LogP contribution in [0.5, 0.6) is 17.2 Å². The van der Waals surface area contributed by atoms with Gasteiger partial charge in [-0.3, -0.25) is 0 Å². The molecule has 0 saturated heterocycles. The maximum absolute atomic E-state index is 10.4. The molecule has 2 aliphatic rings. The van der Waals surface area contributed by atoms with E-state index in [0.717, 1.165) is 22.6 Å². The molecule has 0 fully saturated rings. The first-order valence-electron chi connectivity index (χ1n) is 9.28. The number of phenolic OH excluding ortho intramolecular Hbond substituents is 1. The van der Waals surface area contributed by atoms with E-state index in [9.17, 15) is 5.11 Å². The molecule has 0 spiro atoms. The molecular weight excluding hydrogens is 352 g/mol. The summed E-state index contributed by atoms with van der Waals surface area (Å²) in [5.41, 5.74) is 3.67. The summed E-state index contributed by atoms with van der Waals surface area (Å²) in [6.45, 7) is 0. The molecule has 3 aromatic carbocycles. The van der Waals surface area contributed by atoms with Crippen molar-refractivity contribution < 1.29 is 14.6 Å². The molecule has 0 bridgehead atoms. The Labute approximate surface area is 163 Å². The van der Waals surface area contributed by atoms with E-state index in [1.165, 1.54) is 0 Å². The van der Waals surface area contributed by atoms with Crippen molar-refractivity contribution in [3.05, 3.63) is 89.5 Å². The molecule has 5 heteroatoms. The molecule has 1 N–H and O–H groups in total. The molecule has 3 aromatic rings. The topological polar surface area (TPSA) is 54.3 Å². The summed E-state index contributed by atoms with van der Waals surface area (Å²) in [6.07, 6.45) is 0.371. The van der Waals surface area contributed by atoms with Crippen LogP contribution in [0.4, 0.5) is 0 Å². The van der Waals surface area contributed by atoms with Gasteiger partial charge >= 0.3 is 0 Å². The number of hydrazone groups is 1. The van der Waals surface area contributed by atoms with E-state index in [0.29, 0.717) is 17.7 Å². The van der Waals surface area contributed by atoms with Crippen LogP contribution in [-0.2, 0) is 0 Å². The number of hydrogen-bond acceptors (Lipinski definition) is 5. The van der Waals surface area contributed by atoms with Crippen LogP contribution >= 0.6 is 0 Å². The number of methoxy groups -OCH3 is 1. The Morgan fingerprint density at radius 1 is 1.04 bits per heavy atom. The number of ether oxygens (including phenoxy) is 2. The van der Waals surface area contributed by atoms with Gasteiger partial charge in [0.15, 0.2) is 0 Å². The van der Waals surface area contributed by atoms with E-state index in [-0.39, 0.29) is 18.0 Å². The van der Waals surface area contributed by atoms with Crippen molar-refractivity contribution in [1.29, 1.82) is 0 Å². The van der Waals surface area contributed by atoms with Crippen LogP contribution in [-0.4, -0.2) is 22.9 Å². The highest BCUT2D eigenvalue weighted by Gasteiger charge is 2.41. The number of rotatable bonds is 3. The summed E-state index contributed by atoms with van der Waals surface area (Å²) in [4.78, 5) is 0. The fourth-order valence-electron chi connectivity index (χ4n) is 3.91. The van der Waals surface area contributed by atoms with Crippen molar-refractivity contribution >= 4 is 5.71 Å². The Hall–Kier alpha value is -3.47. The predicted octanol–water partition coefficient (Wildman–Crippen LogP) is 4.64. The van der Waals surface area contributed by atoms with Gasteiger partial charge in [-0.25, -0.2) is 5.01 Å². The number of hydrogen-bond donors (Lipinski definition) is 1. The molecule has 0 aliphatic carbocycles. The minimum atomic E-state index is -0.314. The second-order valence-corrected chi connectivity index (χ2v) is 6.95. The lowest BCUT2D eigenvalue weighted by Crippen LogP contribution is -2.33. The lowest BCUT2D eigenvalue weighted by Gasteiger charge is -2.38. The van der Waals surface area contributed by atoms with E-state index >= 15 is 0 Å². The maximum atomic E-state index is 10.4. The highest BCUT2D eigenvalue weighted by Crippen LogP contribution is 2.47. The van der Waals surface area contributed by atoms with E-state index in [4.69, 9.17) is 14.6 Å². The van der Waals surface area contributed by atoms with Gasteiger partial charge in [-0.15, -0.1) is 0 Å². The number of nitrogens with zero attached hydrogens (tertiary/aromatic N) is 2. The molecule has 0 unspecified atom stereocenters. The average Bonchev–Trinajstić information content (AvgIpc) is 3.19. The number of aromatic hydroxyl groups is 1. The molecule has 0 aromatic heterocycles. The number of benzene rings is 3. The molecule has 2 atom stereocenters.